The summed E-state index contributed by atoms with van der Waals surface area (Å²) in [6.45, 7) is 6.93. The van der Waals surface area contributed by atoms with Crippen molar-refractivity contribution in [1.29, 1.82) is 0 Å². The van der Waals surface area contributed by atoms with E-state index in [0.717, 1.165) is 40.8 Å². The van der Waals surface area contributed by atoms with Crippen LogP contribution in [0.25, 0.3) is 0 Å². The first kappa shape index (κ1) is 19.7. The van der Waals surface area contributed by atoms with E-state index in [1.807, 2.05) is 38.1 Å². The lowest BCUT2D eigenvalue weighted by Gasteiger charge is -2.11. The van der Waals surface area contributed by atoms with E-state index in [1.54, 1.807) is 0 Å². The number of nitrogens with one attached hydrogen (secondary N) is 1. The predicted octanol–water partition coefficient (Wildman–Crippen LogP) is 4.92. The van der Waals surface area contributed by atoms with Crippen LogP contribution in [0.15, 0.2) is 53.7 Å². The molecule has 2 aromatic carbocycles. The maximum atomic E-state index is 12.5. The second-order valence-electron chi connectivity index (χ2n) is 7.55. The molecule has 0 aliphatic heterocycles. The number of hydrogen-bond acceptors (Lipinski definition) is 4. The Hall–Kier alpha value is -2.60. The highest BCUT2D eigenvalue weighted by Crippen LogP contribution is 2.54. The summed E-state index contributed by atoms with van der Waals surface area (Å²) in [6, 6.07) is 16.6. The molecule has 2 atom stereocenters. The van der Waals surface area contributed by atoms with Crippen molar-refractivity contribution in [3.05, 3.63) is 71.0 Å². The van der Waals surface area contributed by atoms with Gasteiger partial charge in [-0.15, -0.1) is 10.2 Å². The van der Waals surface area contributed by atoms with Crippen LogP contribution in [0, 0.1) is 13.8 Å². The van der Waals surface area contributed by atoms with Crippen LogP contribution < -0.4 is 5.32 Å². The summed E-state index contributed by atoms with van der Waals surface area (Å²) >= 11 is 1.45. The number of aromatic nitrogens is 3. The van der Waals surface area contributed by atoms with Gasteiger partial charge in [0.1, 0.15) is 5.82 Å². The quantitative estimate of drug-likeness (QED) is 0.566. The number of carbonyl (C=O) groups is 1. The molecule has 5 nitrogen and oxygen atoms in total. The Morgan fingerprint density at radius 3 is 2.48 bits per heavy atom. The molecular weight excluding hydrogens is 380 g/mol. The molecule has 0 saturated heterocycles. The number of thioether (sulfide) groups is 1. The normalized spacial score (nSPS) is 17.9. The van der Waals surface area contributed by atoms with Crippen molar-refractivity contribution >= 4 is 23.4 Å². The zero-order chi connectivity index (χ0) is 20.4. The van der Waals surface area contributed by atoms with E-state index >= 15 is 0 Å². The van der Waals surface area contributed by atoms with Crippen LogP contribution in [0.5, 0.6) is 0 Å². The van der Waals surface area contributed by atoms with E-state index in [1.165, 1.54) is 17.3 Å². The second-order valence-corrected chi connectivity index (χ2v) is 8.49. The zero-order valence-corrected chi connectivity index (χ0v) is 17.9. The fraction of sp³-hybridized carbons (Fsp3) is 0.348. The lowest BCUT2D eigenvalue weighted by atomic mass is 10.1. The molecule has 1 N–H and O–H groups in total. The highest BCUT2D eigenvalue weighted by atomic mass is 32.2. The number of aryl methyl sites for hydroxylation is 2. The fourth-order valence-electron chi connectivity index (χ4n) is 3.84. The van der Waals surface area contributed by atoms with Gasteiger partial charge >= 0.3 is 0 Å². The van der Waals surface area contributed by atoms with Crippen LogP contribution in [0.4, 0.5) is 5.69 Å². The maximum absolute atomic E-state index is 12.5. The molecule has 0 radical (unpaired) electrons. The fourth-order valence-corrected chi connectivity index (χ4v) is 4.65. The summed E-state index contributed by atoms with van der Waals surface area (Å²) in [5, 5.41) is 12.7. The number of nitrogens with zero attached hydrogens (tertiary/aromatic N) is 3. The average Bonchev–Trinajstić information content (AvgIpc) is 3.42. The van der Waals surface area contributed by atoms with E-state index in [-0.39, 0.29) is 5.91 Å². The van der Waals surface area contributed by atoms with Gasteiger partial charge in [0.15, 0.2) is 5.16 Å². The van der Waals surface area contributed by atoms with Gasteiger partial charge in [0.25, 0.3) is 0 Å². The molecule has 6 heteroatoms. The third-order valence-electron chi connectivity index (χ3n) is 5.49. The van der Waals surface area contributed by atoms with Crippen molar-refractivity contribution in [3.8, 4) is 0 Å². The van der Waals surface area contributed by atoms with Gasteiger partial charge in [0.05, 0.1) is 5.75 Å². The molecule has 0 spiro atoms. The third kappa shape index (κ3) is 4.22. The summed E-state index contributed by atoms with van der Waals surface area (Å²) in [6.07, 6.45) is 1.11. The van der Waals surface area contributed by atoms with Crippen LogP contribution in [-0.2, 0) is 11.3 Å². The van der Waals surface area contributed by atoms with Gasteiger partial charge in [-0.3, -0.25) is 4.79 Å². The molecule has 1 aliphatic carbocycles. The van der Waals surface area contributed by atoms with Gasteiger partial charge in [-0.25, -0.2) is 0 Å². The predicted molar refractivity (Wildman–Crippen MR) is 118 cm³/mol. The van der Waals surface area contributed by atoms with Crippen LogP contribution >= 0.6 is 11.8 Å². The molecule has 1 fully saturated rings. The molecule has 3 aromatic rings. The first-order valence-corrected chi connectivity index (χ1v) is 11.0. The van der Waals surface area contributed by atoms with Crippen LogP contribution in [0.1, 0.15) is 47.7 Å². The lowest BCUT2D eigenvalue weighted by Crippen LogP contribution is -2.16. The minimum absolute atomic E-state index is 0.0202. The lowest BCUT2D eigenvalue weighted by molar-refractivity contribution is -0.113. The Kier molecular flexibility index (Phi) is 5.72. The van der Waals surface area contributed by atoms with Crippen molar-refractivity contribution in [2.24, 2.45) is 0 Å². The Bertz CT molecular complexity index is 995. The monoisotopic (exact) mass is 406 g/mol. The molecule has 2 unspecified atom stereocenters. The van der Waals surface area contributed by atoms with Crippen LogP contribution in [0.2, 0.25) is 0 Å². The summed E-state index contributed by atoms with van der Waals surface area (Å²) in [4.78, 5) is 12.5. The van der Waals surface area contributed by atoms with Gasteiger partial charge in [-0.1, -0.05) is 60.3 Å². The molecule has 29 heavy (non-hydrogen) atoms. The standard InChI is InChI=1S/C23H26N4OS/c1-4-27-22(19-13-18(19)17-11-6-5-7-12-17)25-26-23(27)29-14-20(28)24-21-15(2)9-8-10-16(21)3/h5-12,18-19H,4,13-14H2,1-3H3,(H,24,28). The highest BCUT2D eigenvalue weighted by Gasteiger charge is 2.43. The van der Waals surface area contributed by atoms with E-state index in [4.69, 9.17) is 0 Å². The molecule has 1 amide bonds. The Morgan fingerprint density at radius 1 is 1.07 bits per heavy atom. The zero-order valence-electron chi connectivity index (χ0n) is 17.1. The Morgan fingerprint density at radius 2 is 1.79 bits per heavy atom. The van der Waals surface area contributed by atoms with Gasteiger partial charge < -0.3 is 9.88 Å². The smallest absolute Gasteiger partial charge is 0.234 e. The van der Waals surface area contributed by atoms with Crippen LogP contribution in [0.3, 0.4) is 0 Å². The van der Waals surface area contributed by atoms with Gasteiger partial charge in [-0.05, 0) is 49.8 Å². The Labute approximate surface area is 175 Å². The van der Waals surface area contributed by atoms with Gasteiger partial charge in [0.2, 0.25) is 5.91 Å². The van der Waals surface area contributed by atoms with E-state index in [9.17, 15) is 4.79 Å². The number of para-hydroxylation sites is 1. The molecule has 0 bridgehead atoms. The molecular formula is C23H26N4OS. The van der Waals surface area contributed by atoms with E-state index < -0.39 is 0 Å². The first-order valence-electron chi connectivity index (χ1n) is 10.1. The SMILES string of the molecule is CCn1c(SCC(=O)Nc2c(C)cccc2C)nnc1C1CC1c1ccccc1. The summed E-state index contributed by atoms with van der Waals surface area (Å²) in [7, 11) is 0. The molecule has 4 rings (SSSR count). The number of carbonyl (C=O) groups excluding carboxylic acids is 1. The molecule has 1 heterocycles. The highest BCUT2D eigenvalue weighted by molar-refractivity contribution is 7.99. The number of amides is 1. The number of benzene rings is 2. The van der Waals surface area contributed by atoms with Crippen molar-refractivity contribution < 1.29 is 4.79 Å². The summed E-state index contributed by atoms with van der Waals surface area (Å²) < 4.78 is 2.16. The largest absolute Gasteiger partial charge is 0.325 e. The number of hydrogen-bond donors (Lipinski definition) is 1. The minimum atomic E-state index is -0.0202. The maximum Gasteiger partial charge on any atom is 0.234 e. The number of anilines is 1. The molecule has 150 valence electrons. The van der Waals surface area contributed by atoms with Crippen molar-refractivity contribution in [1.82, 2.24) is 14.8 Å². The second kappa shape index (κ2) is 8.41. The van der Waals surface area contributed by atoms with Gasteiger partial charge in [0, 0.05) is 18.2 Å². The Balaban J connectivity index is 1.41. The van der Waals surface area contributed by atoms with Gasteiger partial charge in [-0.2, -0.15) is 0 Å². The minimum Gasteiger partial charge on any atom is -0.325 e. The van der Waals surface area contributed by atoms with Crippen molar-refractivity contribution in [3.63, 3.8) is 0 Å². The molecule has 1 aliphatic rings. The van der Waals surface area contributed by atoms with Crippen molar-refractivity contribution in [2.45, 2.75) is 50.7 Å². The first-order chi connectivity index (χ1) is 14.1. The number of rotatable bonds is 7. The van der Waals surface area contributed by atoms with Crippen LogP contribution in [-0.4, -0.2) is 26.4 Å². The molecule has 1 saturated carbocycles. The summed E-state index contributed by atoms with van der Waals surface area (Å²) in [5.41, 5.74) is 4.41. The molecule has 1 aromatic heterocycles. The average molecular weight is 407 g/mol. The third-order valence-corrected chi connectivity index (χ3v) is 6.46. The van der Waals surface area contributed by atoms with E-state index in [2.05, 4.69) is 51.3 Å². The van der Waals surface area contributed by atoms with E-state index in [0.29, 0.717) is 17.6 Å². The van der Waals surface area contributed by atoms with Crippen molar-refractivity contribution in [2.75, 3.05) is 11.1 Å². The topological polar surface area (TPSA) is 59.8 Å². The summed E-state index contributed by atoms with van der Waals surface area (Å²) in [5.74, 6) is 2.28.